The Balaban J connectivity index is 1.88. The Hall–Kier alpha value is -2.30. The first-order valence-corrected chi connectivity index (χ1v) is 6.15. The highest BCUT2D eigenvalue weighted by Gasteiger charge is 2.05. The number of nitrogens with one attached hydrogen (secondary N) is 2. The summed E-state index contributed by atoms with van der Waals surface area (Å²) in [4.78, 5) is 11.7. The molecule has 0 aliphatic carbocycles. The lowest BCUT2D eigenvalue weighted by Gasteiger charge is -2.07. The molecule has 0 radical (unpaired) electrons. The fourth-order valence-electron chi connectivity index (χ4n) is 1.81. The molecule has 0 fully saturated rings. The minimum atomic E-state index is -0.216. The van der Waals surface area contributed by atoms with E-state index in [1.54, 1.807) is 4.68 Å². The summed E-state index contributed by atoms with van der Waals surface area (Å²) in [5.74, 6) is 0. The highest BCUT2D eigenvalue weighted by atomic mass is 16.2. The average Bonchev–Trinajstić information content (AvgIpc) is 2.68. The van der Waals surface area contributed by atoms with Crippen LogP contribution in [0.1, 0.15) is 16.8 Å². The Morgan fingerprint density at radius 3 is 2.53 bits per heavy atom. The van der Waals surface area contributed by atoms with Crippen LogP contribution in [0.15, 0.2) is 30.5 Å². The summed E-state index contributed by atoms with van der Waals surface area (Å²) in [5, 5.41) is 9.83. The second-order valence-electron chi connectivity index (χ2n) is 4.59. The molecule has 5 nitrogen and oxygen atoms in total. The van der Waals surface area contributed by atoms with Crippen molar-refractivity contribution in [3.8, 4) is 0 Å². The van der Waals surface area contributed by atoms with Crippen LogP contribution in [0.5, 0.6) is 0 Å². The lowest BCUT2D eigenvalue weighted by molar-refractivity contribution is 0.251. The topological polar surface area (TPSA) is 59.0 Å². The van der Waals surface area contributed by atoms with Crippen LogP contribution in [0.2, 0.25) is 0 Å². The van der Waals surface area contributed by atoms with Crippen LogP contribution in [-0.4, -0.2) is 15.8 Å². The first kappa shape index (κ1) is 13.1. The summed E-state index contributed by atoms with van der Waals surface area (Å²) >= 11 is 0. The summed E-state index contributed by atoms with van der Waals surface area (Å²) in [5.41, 5.74) is 3.89. The number of aryl methyl sites for hydroxylation is 3. The van der Waals surface area contributed by atoms with Crippen molar-refractivity contribution in [3.63, 3.8) is 0 Å². The van der Waals surface area contributed by atoms with E-state index in [0.29, 0.717) is 6.54 Å². The van der Waals surface area contributed by atoms with Gasteiger partial charge in [0, 0.05) is 31.0 Å². The van der Waals surface area contributed by atoms with Crippen molar-refractivity contribution in [2.45, 2.75) is 20.4 Å². The Morgan fingerprint density at radius 2 is 1.95 bits per heavy atom. The van der Waals surface area contributed by atoms with Crippen LogP contribution in [0.4, 0.5) is 10.5 Å². The monoisotopic (exact) mass is 258 g/mol. The molecule has 2 aromatic rings. The van der Waals surface area contributed by atoms with E-state index in [-0.39, 0.29) is 6.03 Å². The molecule has 1 heterocycles. The molecule has 0 unspecified atom stereocenters. The zero-order chi connectivity index (χ0) is 13.8. The van der Waals surface area contributed by atoms with Crippen molar-refractivity contribution in [2.75, 3.05) is 5.32 Å². The van der Waals surface area contributed by atoms with E-state index in [1.807, 2.05) is 51.4 Å². The average molecular weight is 258 g/mol. The van der Waals surface area contributed by atoms with Crippen LogP contribution in [-0.2, 0) is 13.6 Å². The van der Waals surface area contributed by atoms with Crippen molar-refractivity contribution in [1.29, 1.82) is 0 Å². The van der Waals surface area contributed by atoms with Gasteiger partial charge in [-0.3, -0.25) is 4.68 Å². The third-order valence-corrected chi connectivity index (χ3v) is 2.86. The minimum absolute atomic E-state index is 0.216. The predicted octanol–water partition coefficient (Wildman–Crippen LogP) is 2.36. The number of carbonyl (C=O) groups is 1. The van der Waals surface area contributed by atoms with E-state index in [1.165, 1.54) is 0 Å². The quantitative estimate of drug-likeness (QED) is 0.888. The molecule has 0 aliphatic rings. The van der Waals surface area contributed by atoms with Gasteiger partial charge in [0.1, 0.15) is 0 Å². The highest BCUT2D eigenvalue weighted by molar-refractivity contribution is 5.89. The number of hydrogen-bond donors (Lipinski definition) is 2. The molecule has 1 aromatic heterocycles. The summed E-state index contributed by atoms with van der Waals surface area (Å²) in [6.07, 6.45) is 1.90. The molecule has 0 saturated heterocycles. The Labute approximate surface area is 112 Å². The molecule has 5 heteroatoms. The molecule has 1 aromatic carbocycles. The standard InChI is InChI=1S/C14H18N4O/c1-10-4-6-13(7-5-10)16-14(19)15-8-12-9-18(3)17-11(12)2/h4-7,9H,8H2,1-3H3,(H2,15,16,19). The summed E-state index contributed by atoms with van der Waals surface area (Å²) in [6, 6.07) is 7.46. The second-order valence-corrected chi connectivity index (χ2v) is 4.59. The maximum atomic E-state index is 11.7. The number of hydrogen-bond acceptors (Lipinski definition) is 2. The van der Waals surface area contributed by atoms with Gasteiger partial charge >= 0.3 is 6.03 Å². The molecule has 0 saturated carbocycles. The summed E-state index contributed by atoms with van der Waals surface area (Å²) in [6.45, 7) is 4.40. The fourth-order valence-corrected chi connectivity index (χ4v) is 1.81. The third-order valence-electron chi connectivity index (χ3n) is 2.86. The number of benzene rings is 1. The summed E-state index contributed by atoms with van der Waals surface area (Å²) < 4.78 is 1.74. The zero-order valence-electron chi connectivity index (χ0n) is 11.4. The van der Waals surface area contributed by atoms with Gasteiger partial charge < -0.3 is 10.6 Å². The van der Waals surface area contributed by atoms with Gasteiger partial charge in [-0.15, -0.1) is 0 Å². The van der Waals surface area contributed by atoms with Crippen molar-refractivity contribution in [2.24, 2.45) is 7.05 Å². The number of anilines is 1. The molecular formula is C14H18N4O. The predicted molar refractivity (Wildman–Crippen MR) is 75.0 cm³/mol. The number of amides is 2. The van der Waals surface area contributed by atoms with E-state index in [2.05, 4.69) is 15.7 Å². The van der Waals surface area contributed by atoms with Crippen LogP contribution < -0.4 is 10.6 Å². The van der Waals surface area contributed by atoms with E-state index < -0.39 is 0 Å². The SMILES string of the molecule is Cc1ccc(NC(=O)NCc2cn(C)nc2C)cc1. The Kier molecular flexibility index (Phi) is 3.85. The van der Waals surface area contributed by atoms with Gasteiger partial charge in [0.05, 0.1) is 5.69 Å². The molecule has 0 bridgehead atoms. The van der Waals surface area contributed by atoms with Gasteiger partial charge in [-0.25, -0.2) is 4.79 Å². The largest absolute Gasteiger partial charge is 0.334 e. The molecule has 2 N–H and O–H groups in total. The van der Waals surface area contributed by atoms with Crippen LogP contribution in [0.25, 0.3) is 0 Å². The minimum Gasteiger partial charge on any atom is -0.334 e. The molecule has 0 aliphatic heterocycles. The molecule has 0 spiro atoms. The van der Waals surface area contributed by atoms with Crippen molar-refractivity contribution in [3.05, 3.63) is 47.3 Å². The van der Waals surface area contributed by atoms with Crippen molar-refractivity contribution < 1.29 is 4.79 Å². The molecule has 100 valence electrons. The lowest BCUT2D eigenvalue weighted by Crippen LogP contribution is -2.28. The highest BCUT2D eigenvalue weighted by Crippen LogP contribution is 2.08. The van der Waals surface area contributed by atoms with Gasteiger partial charge in [0.15, 0.2) is 0 Å². The fraction of sp³-hybridized carbons (Fsp3) is 0.286. The Morgan fingerprint density at radius 1 is 1.26 bits per heavy atom. The first-order chi connectivity index (χ1) is 9.04. The first-order valence-electron chi connectivity index (χ1n) is 6.15. The molecule has 0 atom stereocenters. The van der Waals surface area contributed by atoms with Crippen molar-refractivity contribution >= 4 is 11.7 Å². The smallest absolute Gasteiger partial charge is 0.319 e. The van der Waals surface area contributed by atoms with Gasteiger partial charge in [0.2, 0.25) is 0 Å². The zero-order valence-corrected chi connectivity index (χ0v) is 11.4. The second kappa shape index (κ2) is 5.56. The van der Waals surface area contributed by atoms with Gasteiger partial charge in [-0.1, -0.05) is 17.7 Å². The molecule has 2 amide bonds. The van der Waals surface area contributed by atoms with Gasteiger partial charge in [-0.2, -0.15) is 5.10 Å². The third kappa shape index (κ3) is 3.58. The van der Waals surface area contributed by atoms with E-state index in [9.17, 15) is 4.79 Å². The van der Waals surface area contributed by atoms with Crippen LogP contribution >= 0.6 is 0 Å². The number of rotatable bonds is 3. The van der Waals surface area contributed by atoms with E-state index >= 15 is 0 Å². The van der Waals surface area contributed by atoms with Gasteiger partial charge in [0.25, 0.3) is 0 Å². The summed E-state index contributed by atoms with van der Waals surface area (Å²) in [7, 11) is 1.86. The maximum absolute atomic E-state index is 11.7. The van der Waals surface area contributed by atoms with E-state index in [0.717, 1.165) is 22.5 Å². The number of aromatic nitrogens is 2. The molecule has 2 rings (SSSR count). The maximum Gasteiger partial charge on any atom is 0.319 e. The van der Waals surface area contributed by atoms with Crippen LogP contribution in [0, 0.1) is 13.8 Å². The lowest BCUT2D eigenvalue weighted by atomic mass is 10.2. The van der Waals surface area contributed by atoms with Crippen LogP contribution in [0.3, 0.4) is 0 Å². The molecule has 19 heavy (non-hydrogen) atoms. The number of urea groups is 1. The van der Waals surface area contributed by atoms with E-state index in [4.69, 9.17) is 0 Å². The molecular weight excluding hydrogens is 240 g/mol. The number of nitrogens with zero attached hydrogens (tertiary/aromatic N) is 2. The van der Waals surface area contributed by atoms with Gasteiger partial charge in [-0.05, 0) is 26.0 Å². The van der Waals surface area contributed by atoms with Crippen molar-refractivity contribution in [1.82, 2.24) is 15.1 Å². The number of carbonyl (C=O) groups excluding carboxylic acids is 1. The normalized spacial score (nSPS) is 10.3. The Bertz CT molecular complexity index is 572.